The fraction of sp³-hybridized carbons (Fsp3) is 0.409. The summed E-state index contributed by atoms with van der Waals surface area (Å²) in [5.74, 6) is 0.101. The summed E-state index contributed by atoms with van der Waals surface area (Å²) in [6.07, 6.45) is 0.0502. The second-order valence-corrected chi connectivity index (χ2v) is 10.2. The van der Waals surface area contributed by atoms with Gasteiger partial charge in [-0.15, -0.1) is 0 Å². The minimum absolute atomic E-state index is 0.0371. The smallest absolute Gasteiger partial charge is 0.269 e. The van der Waals surface area contributed by atoms with Crippen LogP contribution in [0.2, 0.25) is 0 Å². The number of nitro benzene ring substituents is 1. The third-order valence-corrected chi connectivity index (χ3v) is 6.27. The van der Waals surface area contributed by atoms with Crippen LogP contribution in [-0.4, -0.2) is 36.6 Å². The van der Waals surface area contributed by atoms with Gasteiger partial charge in [-0.2, -0.15) is 4.31 Å². The van der Waals surface area contributed by atoms with Gasteiger partial charge in [-0.05, 0) is 41.7 Å². The zero-order valence-electron chi connectivity index (χ0n) is 18.2. The van der Waals surface area contributed by atoms with Gasteiger partial charge in [0.2, 0.25) is 15.9 Å². The van der Waals surface area contributed by atoms with Gasteiger partial charge in [0.1, 0.15) is 0 Å². The lowest BCUT2D eigenvalue weighted by molar-refractivity contribution is -0.384. The average Bonchev–Trinajstić information content (AvgIpc) is 2.67. The van der Waals surface area contributed by atoms with Gasteiger partial charge in [0, 0.05) is 30.9 Å². The molecule has 31 heavy (non-hydrogen) atoms. The molecular weight excluding hydrogens is 418 g/mol. The normalized spacial score (nSPS) is 11.8. The van der Waals surface area contributed by atoms with E-state index in [0.717, 1.165) is 0 Å². The zero-order chi connectivity index (χ0) is 23.2. The molecule has 0 bridgehead atoms. The number of hydrogen-bond acceptors (Lipinski definition) is 5. The van der Waals surface area contributed by atoms with Crippen molar-refractivity contribution >= 4 is 27.3 Å². The fourth-order valence-electron chi connectivity index (χ4n) is 3.07. The molecule has 0 unspecified atom stereocenters. The first-order valence-corrected chi connectivity index (χ1v) is 11.6. The fourth-order valence-corrected chi connectivity index (χ4v) is 4.84. The lowest BCUT2D eigenvalue weighted by Crippen LogP contribution is -2.37. The second kappa shape index (κ2) is 10.5. The summed E-state index contributed by atoms with van der Waals surface area (Å²) in [6.45, 7) is 8.79. The van der Waals surface area contributed by atoms with Gasteiger partial charge >= 0.3 is 0 Å². The minimum Gasteiger partial charge on any atom is -0.326 e. The Bertz CT molecular complexity index is 990. The summed E-state index contributed by atoms with van der Waals surface area (Å²) in [7, 11) is -3.63. The van der Waals surface area contributed by atoms with Gasteiger partial charge in [-0.3, -0.25) is 14.9 Å². The van der Waals surface area contributed by atoms with Crippen molar-refractivity contribution in [2.75, 3.05) is 18.4 Å². The number of benzene rings is 2. The zero-order valence-corrected chi connectivity index (χ0v) is 19.1. The molecule has 0 heterocycles. The maximum Gasteiger partial charge on any atom is 0.269 e. The van der Waals surface area contributed by atoms with Gasteiger partial charge in [0.25, 0.3) is 5.69 Å². The highest BCUT2D eigenvalue weighted by Gasteiger charge is 2.25. The van der Waals surface area contributed by atoms with Crippen LogP contribution in [0.25, 0.3) is 0 Å². The predicted molar refractivity (Wildman–Crippen MR) is 120 cm³/mol. The molecule has 0 saturated heterocycles. The highest BCUT2D eigenvalue weighted by atomic mass is 32.2. The highest BCUT2D eigenvalue weighted by Crippen LogP contribution is 2.21. The number of hydrogen-bond donors (Lipinski definition) is 1. The van der Waals surface area contributed by atoms with Crippen LogP contribution in [0.1, 0.15) is 33.3 Å². The summed E-state index contributed by atoms with van der Waals surface area (Å²) in [6, 6.07) is 11.9. The molecule has 1 amide bonds. The molecule has 2 aromatic carbocycles. The standard InChI is InChI=1S/C22H29N3O5S/c1-16(2)14-24(15-17(3)4)31(29,30)21-11-7-19(8-12-21)23-22(26)13-18-5-9-20(10-6-18)25(27)28/h5-12,16-17H,13-15H2,1-4H3,(H,23,26). The third-order valence-electron chi connectivity index (χ3n) is 4.43. The van der Waals surface area contributed by atoms with E-state index >= 15 is 0 Å². The predicted octanol–water partition coefficient (Wildman–Crippen LogP) is 4.08. The lowest BCUT2D eigenvalue weighted by atomic mass is 10.1. The molecule has 0 radical (unpaired) electrons. The van der Waals surface area contributed by atoms with E-state index in [4.69, 9.17) is 0 Å². The molecule has 0 aromatic heterocycles. The molecule has 0 aliphatic heterocycles. The molecule has 168 valence electrons. The van der Waals surface area contributed by atoms with Crippen molar-refractivity contribution in [1.82, 2.24) is 4.31 Å². The number of sulfonamides is 1. The quantitative estimate of drug-likeness (QED) is 0.436. The van der Waals surface area contributed by atoms with E-state index in [9.17, 15) is 23.3 Å². The Hall–Kier alpha value is -2.78. The Kier molecular flexibility index (Phi) is 8.29. The van der Waals surface area contributed by atoms with Crippen molar-refractivity contribution in [2.24, 2.45) is 11.8 Å². The summed E-state index contributed by atoms with van der Waals surface area (Å²) in [5, 5.41) is 13.4. The van der Waals surface area contributed by atoms with Crippen molar-refractivity contribution in [3.8, 4) is 0 Å². The summed E-state index contributed by atoms with van der Waals surface area (Å²) in [4.78, 5) is 22.6. The number of non-ortho nitro benzene ring substituents is 1. The van der Waals surface area contributed by atoms with Crippen LogP contribution in [0.5, 0.6) is 0 Å². The molecule has 8 nitrogen and oxygen atoms in total. The summed E-state index contributed by atoms with van der Waals surface area (Å²) < 4.78 is 27.6. The maximum atomic E-state index is 13.0. The number of nitro groups is 1. The number of carbonyl (C=O) groups is 1. The Labute approximate surface area is 183 Å². The molecule has 1 N–H and O–H groups in total. The van der Waals surface area contributed by atoms with Gasteiger partial charge < -0.3 is 5.32 Å². The highest BCUT2D eigenvalue weighted by molar-refractivity contribution is 7.89. The molecular formula is C22H29N3O5S. The van der Waals surface area contributed by atoms with E-state index in [1.807, 2.05) is 27.7 Å². The number of carbonyl (C=O) groups excluding carboxylic acids is 1. The largest absolute Gasteiger partial charge is 0.326 e. The molecule has 0 spiro atoms. The summed E-state index contributed by atoms with van der Waals surface area (Å²) >= 11 is 0. The van der Waals surface area contributed by atoms with Crippen LogP contribution in [-0.2, 0) is 21.2 Å². The first-order chi connectivity index (χ1) is 14.5. The third kappa shape index (κ3) is 7.15. The van der Waals surface area contributed by atoms with Crippen molar-refractivity contribution < 1.29 is 18.1 Å². The van der Waals surface area contributed by atoms with E-state index in [0.29, 0.717) is 24.3 Å². The molecule has 0 saturated carbocycles. The van der Waals surface area contributed by atoms with E-state index < -0.39 is 14.9 Å². The Morgan fingerprint density at radius 1 is 0.968 bits per heavy atom. The molecule has 2 rings (SSSR count). The number of anilines is 1. The lowest BCUT2D eigenvalue weighted by Gasteiger charge is -2.25. The van der Waals surface area contributed by atoms with Crippen LogP contribution >= 0.6 is 0 Å². The van der Waals surface area contributed by atoms with Gasteiger partial charge in [0.05, 0.1) is 16.2 Å². The van der Waals surface area contributed by atoms with E-state index in [2.05, 4.69) is 5.32 Å². The van der Waals surface area contributed by atoms with E-state index in [-0.39, 0.29) is 34.7 Å². The van der Waals surface area contributed by atoms with Crippen LogP contribution in [0.3, 0.4) is 0 Å². The van der Waals surface area contributed by atoms with Crippen molar-refractivity contribution in [3.63, 3.8) is 0 Å². The van der Waals surface area contributed by atoms with Gasteiger partial charge in [-0.1, -0.05) is 39.8 Å². The van der Waals surface area contributed by atoms with Crippen molar-refractivity contribution in [3.05, 3.63) is 64.2 Å². The van der Waals surface area contributed by atoms with Gasteiger partial charge in [-0.25, -0.2) is 8.42 Å². The Morgan fingerprint density at radius 3 is 1.94 bits per heavy atom. The SMILES string of the molecule is CC(C)CN(CC(C)C)S(=O)(=O)c1ccc(NC(=O)Cc2ccc([N+](=O)[O-])cc2)cc1. The monoisotopic (exact) mass is 447 g/mol. The van der Waals surface area contributed by atoms with E-state index in [1.165, 1.54) is 40.7 Å². The average molecular weight is 448 g/mol. The van der Waals surface area contributed by atoms with E-state index in [1.54, 1.807) is 12.1 Å². The Morgan fingerprint density at radius 2 is 1.48 bits per heavy atom. The number of nitrogens with zero attached hydrogens (tertiary/aromatic N) is 2. The van der Waals surface area contributed by atoms with Crippen LogP contribution < -0.4 is 5.32 Å². The molecule has 0 aliphatic carbocycles. The molecule has 2 aromatic rings. The van der Waals surface area contributed by atoms with Crippen LogP contribution in [0.15, 0.2) is 53.4 Å². The molecule has 0 atom stereocenters. The van der Waals surface area contributed by atoms with Crippen molar-refractivity contribution in [2.45, 2.75) is 39.0 Å². The van der Waals surface area contributed by atoms with Crippen LogP contribution in [0, 0.1) is 22.0 Å². The van der Waals surface area contributed by atoms with Gasteiger partial charge in [0.15, 0.2) is 0 Å². The Balaban J connectivity index is 2.07. The minimum atomic E-state index is -3.63. The van der Waals surface area contributed by atoms with Crippen LogP contribution in [0.4, 0.5) is 11.4 Å². The molecule has 9 heteroatoms. The maximum absolute atomic E-state index is 13.0. The topological polar surface area (TPSA) is 110 Å². The molecule has 0 aliphatic rings. The molecule has 0 fully saturated rings. The van der Waals surface area contributed by atoms with Crippen molar-refractivity contribution in [1.29, 1.82) is 0 Å². The number of rotatable bonds is 10. The first kappa shape index (κ1) is 24.5. The summed E-state index contributed by atoms with van der Waals surface area (Å²) in [5.41, 5.74) is 1.08. The number of nitrogens with one attached hydrogen (secondary N) is 1. The first-order valence-electron chi connectivity index (χ1n) is 10.1. The second-order valence-electron chi connectivity index (χ2n) is 8.28. The number of amides is 1.